The van der Waals surface area contributed by atoms with Gasteiger partial charge in [-0.3, -0.25) is 9.69 Å². The van der Waals surface area contributed by atoms with Crippen molar-refractivity contribution in [3.63, 3.8) is 0 Å². The number of nitriles is 1. The number of nitrogens with one attached hydrogen (secondary N) is 1. The second kappa shape index (κ2) is 6.34. The Morgan fingerprint density at radius 3 is 2.77 bits per heavy atom. The van der Waals surface area contributed by atoms with Crippen molar-refractivity contribution in [2.24, 2.45) is 0 Å². The Balaban J connectivity index is 1.59. The van der Waals surface area contributed by atoms with Gasteiger partial charge in [-0.05, 0) is 35.4 Å². The van der Waals surface area contributed by atoms with Gasteiger partial charge in [0, 0.05) is 38.4 Å². The molecule has 0 unspecified atom stereocenters. The first-order valence-corrected chi connectivity index (χ1v) is 8.27. The zero-order chi connectivity index (χ0) is 15.5. The van der Waals surface area contributed by atoms with Gasteiger partial charge in [-0.15, -0.1) is 0 Å². The molecule has 0 aliphatic carbocycles. The van der Waals surface area contributed by atoms with Gasteiger partial charge >= 0.3 is 0 Å². The summed E-state index contributed by atoms with van der Waals surface area (Å²) in [4.78, 5) is 19.5. The van der Waals surface area contributed by atoms with Crippen molar-refractivity contribution in [1.29, 1.82) is 5.26 Å². The molecule has 6 heteroatoms. The molecule has 1 aliphatic heterocycles. The van der Waals surface area contributed by atoms with Crippen LogP contribution in [0, 0.1) is 11.3 Å². The summed E-state index contributed by atoms with van der Waals surface area (Å²) in [6, 6.07) is 6.18. The number of piperazine rings is 1. The highest BCUT2D eigenvalue weighted by Crippen LogP contribution is 2.23. The number of aromatic amines is 1. The number of H-pyrrole nitrogens is 1. The summed E-state index contributed by atoms with van der Waals surface area (Å²) in [5.74, 6) is 0.000543. The fourth-order valence-electron chi connectivity index (χ4n) is 2.80. The summed E-state index contributed by atoms with van der Waals surface area (Å²) in [6.45, 7) is 5.40. The van der Waals surface area contributed by atoms with E-state index in [1.54, 1.807) is 23.6 Å². The Morgan fingerprint density at radius 2 is 2.18 bits per heavy atom. The molecular formula is C16H18N4OS. The third-order valence-electron chi connectivity index (χ3n) is 4.23. The van der Waals surface area contributed by atoms with Gasteiger partial charge in [-0.2, -0.15) is 16.6 Å². The van der Waals surface area contributed by atoms with Crippen LogP contribution in [0.15, 0.2) is 29.1 Å². The van der Waals surface area contributed by atoms with Crippen LogP contribution in [0.4, 0.5) is 0 Å². The molecule has 114 valence electrons. The van der Waals surface area contributed by atoms with Gasteiger partial charge in [0.05, 0.1) is 5.56 Å². The number of carbonyl (C=O) groups is 1. The zero-order valence-electron chi connectivity index (χ0n) is 12.5. The lowest BCUT2D eigenvalue weighted by Crippen LogP contribution is -2.49. The predicted molar refractivity (Wildman–Crippen MR) is 85.7 cm³/mol. The minimum absolute atomic E-state index is 0.000543. The molecule has 1 saturated heterocycles. The van der Waals surface area contributed by atoms with Crippen molar-refractivity contribution in [2.75, 3.05) is 26.2 Å². The van der Waals surface area contributed by atoms with Crippen LogP contribution in [0.25, 0.3) is 0 Å². The van der Waals surface area contributed by atoms with E-state index in [0.29, 0.717) is 17.3 Å². The van der Waals surface area contributed by atoms with Crippen LogP contribution >= 0.6 is 11.3 Å². The Morgan fingerprint density at radius 1 is 1.41 bits per heavy atom. The molecule has 0 aromatic carbocycles. The second-order valence-electron chi connectivity index (χ2n) is 5.47. The number of hydrogen-bond donors (Lipinski definition) is 1. The zero-order valence-corrected chi connectivity index (χ0v) is 13.3. The van der Waals surface area contributed by atoms with Crippen molar-refractivity contribution < 1.29 is 4.79 Å². The summed E-state index contributed by atoms with van der Waals surface area (Å²) >= 11 is 1.72. The summed E-state index contributed by atoms with van der Waals surface area (Å²) in [6.07, 6.45) is 1.61. The maximum Gasteiger partial charge on any atom is 0.255 e. The molecule has 1 atom stereocenters. The number of hydrogen-bond acceptors (Lipinski definition) is 4. The number of rotatable bonds is 3. The van der Waals surface area contributed by atoms with Gasteiger partial charge in [-0.25, -0.2) is 0 Å². The number of thiophene rings is 1. The highest BCUT2D eigenvalue weighted by atomic mass is 32.1. The van der Waals surface area contributed by atoms with Crippen LogP contribution in [-0.4, -0.2) is 46.9 Å². The average molecular weight is 314 g/mol. The third kappa shape index (κ3) is 2.91. The van der Waals surface area contributed by atoms with Gasteiger partial charge in [0.2, 0.25) is 0 Å². The summed E-state index contributed by atoms with van der Waals surface area (Å²) in [7, 11) is 0. The van der Waals surface area contributed by atoms with Crippen LogP contribution in [-0.2, 0) is 0 Å². The van der Waals surface area contributed by atoms with Gasteiger partial charge in [0.15, 0.2) is 0 Å². The van der Waals surface area contributed by atoms with Gasteiger partial charge in [0.25, 0.3) is 5.91 Å². The Labute approximate surface area is 133 Å². The topological polar surface area (TPSA) is 63.1 Å². The van der Waals surface area contributed by atoms with Crippen LogP contribution in [0.2, 0.25) is 0 Å². The summed E-state index contributed by atoms with van der Waals surface area (Å²) in [5.41, 5.74) is 2.33. The van der Waals surface area contributed by atoms with E-state index in [1.165, 1.54) is 5.56 Å². The molecule has 0 bridgehead atoms. The quantitative estimate of drug-likeness (QED) is 0.946. The Kier molecular flexibility index (Phi) is 4.27. The lowest BCUT2D eigenvalue weighted by Gasteiger charge is -2.37. The Bertz CT molecular complexity index is 677. The molecule has 2 aromatic heterocycles. The molecule has 1 fully saturated rings. The van der Waals surface area contributed by atoms with E-state index in [-0.39, 0.29) is 5.91 Å². The van der Waals surface area contributed by atoms with E-state index in [0.717, 1.165) is 26.2 Å². The highest BCUT2D eigenvalue weighted by molar-refractivity contribution is 7.07. The molecule has 0 saturated carbocycles. The molecule has 5 nitrogen and oxygen atoms in total. The Hall–Kier alpha value is -2.10. The van der Waals surface area contributed by atoms with E-state index in [2.05, 4.69) is 33.6 Å². The minimum atomic E-state index is 0.000543. The SMILES string of the molecule is C[C@H](c1ccsc1)N1CCN(C(=O)c2c[nH]c(C#N)c2)CC1. The molecule has 0 radical (unpaired) electrons. The molecule has 3 rings (SSSR count). The van der Waals surface area contributed by atoms with Crippen molar-refractivity contribution >= 4 is 17.2 Å². The van der Waals surface area contributed by atoms with Gasteiger partial charge in [0.1, 0.15) is 11.8 Å². The fraction of sp³-hybridized carbons (Fsp3) is 0.375. The van der Waals surface area contributed by atoms with Crippen molar-refractivity contribution in [2.45, 2.75) is 13.0 Å². The van der Waals surface area contributed by atoms with Gasteiger partial charge in [-0.1, -0.05) is 0 Å². The molecule has 0 spiro atoms. The van der Waals surface area contributed by atoms with Crippen molar-refractivity contribution in [3.8, 4) is 6.07 Å². The van der Waals surface area contributed by atoms with Crippen LogP contribution in [0.1, 0.15) is 34.6 Å². The smallest absolute Gasteiger partial charge is 0.255 e. The van der Waals surface area contributed by atoms with E-state index in [4.69, 9.17) is 5.26 Å². The van der Waals surface area contributed by atoms with E-state index < -0.39 is 0 Å². The standard InChI is InChI=1S/C16H18N4OS/c1-12(13-2-7-22-11-13)19-3-5-20(6-4-19)16(21)14-8-15(9-17)18-10-14/h2,7-8,10-12,18H,3-6H2,1H3/t12-/m1/s1. The summed E-state index contributed by atoms with van der Waals surface area (Å²) < 4.78 is 0. The lowest BCUT2D eigenvalue weighted by atomic mass is 10.1. The maximum atomic E-state index is 12.4. The molecule has 1 amide bonds. The van der Waals surface area contributed by atoms with E-state index in [1.807, 2.05) is 11.0 Å². The predicted octanol–water partition coefficient (Wildman–Crippen LogP) is 2.47. The first-order chi connectivity index (χ1) is 10.7. The van der Waals surface area contributed by atoms with E-state index >= 15 is 0 Å². The fourth-order valence-corrected chi connectivity index (χ4v) is 3.55. The molecular weight excluding hydrogens is 296 g/mol. The summed E-state index contributed by atoms with van der Waals surface area (Å²) in [5, 5.41) is 13.1. The third-order valence-corrected chi connectivity index (χ3v) is 4.93. The average Bonchev–Trinajstić information content (AvgIpc) is 3.25. The van der Waals surface area contributed by atoms with E-state index in [9.17, 15) is 4.79 Å². The molecule has 1 N–H and O–H groups in total. The highest BCUT2D eigenvalue weighted by Gasteiger charge is 2.25. The van der Waals surface area contributed by atoms with Crippen molar-refractivity contribution in [1.82, 2.24) is 14.8 Å². The first-order valence-electron chi connectivity index (χ1n) is 7.33. The maximum absolute atomic E-state index is 12.4. The lowest BCUT2D eigenvalue weighted by molar-refractivity contribution is 0.0582. The molecule has 3 heterocycles. The first kappa shape index (κ1) is 14.8. The largest absolute Gasteiger partial charge is 0.352 e. The molecule has 2 aromatic rings. The molecule has 22 heavy (non-hydrogen) atoms. The number of nitrogens with zero attached hydrogens (tertiary/aromatic N) is 3. The number of amides is 1. The molecule has 1 aliphatic rings. The van der Waals surface area contributed by atoms with Gasteiger partial charge < -0.3 is 9.88 Å². The normalized spacial score (nSPS) is 17.2. The second-order valence-corrected chi connectivity index (χ2v) is 6.25. The van der Waals surface area contributed by atoms with Crippen molar-refractivity contribution in [3.05, 3.63) is 45.9 Å². The van der Waals surface area contributed by atoms with Crippen LogP contribution < -0.4 is 0 Å². The van der Waals surface area contributed by atoms with Crippen LogP contribution in [0.5, 0.6) is 0 Å². The number of carbonyl (C=O) groups excluding carboxylic acids is 1. The van der Waals surface area contributed by atoms with Crippen LogP contribution in [0.3, 0.4) is 0 Å². The monoisotopic (exact) mass is 314 g/mol. The number of aromatic nitrogens is 1. The minimum Gasteiger partial charge on any atom is -0.352 e.